The number of carbonyl (C=O) groups is 1. The van der Waals surface area contributed by atoms with E-state index in [2.05, 4.69) is 32.7 Å². The van der Waals surface area contributed by atoms with Gasteiger partial charge in [0, 0.05) is 11.4 Å². The molecule has 0 bridgehead atoms. The van der Waals surface area contributed by atoms with Gasteiger partial charge >= 0.3 is 0 Å². The minimum Gasteiger partial charge on any atom is -0.370 e. The summed E-state index contributed by atoms with van der Waals surface area (Å²) in [6.45, 7) is 2.03. The van der Waals surface area contributed by atoms with Crippen LogP contribution in [0.4, 0.5) is 5.82 Å². The molecule has 6 N–H and O–H groups in total. The van der Waals surface area contributed by atoms with E-state index in [9.17, 15) is 4.79 Å². The lowest BCUT2D eigenvalue weighted by Crippen LogP contribution is -2.39. The number of aryl methyl sites for hydroxylation is 1. The van der Waals surface area contributed by atoms with Crippen molar-refractivity contribution in [2.24, 2.45) is 16.5 Å². The van der Waals surface area contributed by atoms with Crippen molar-refractivity contribution >= 4 is 28.6 Å². The van der Waals surface area contributed by atoms with Crippen LogP contribution in [0.2, 0.25) is 0 Å². The lowest BCUT2D eigenvalue weighted by molar-refractivity contribution is 0.0928. The first-order valence-corrected chi connectivity index (χ1v) is 12.0. The summed E-state index contributed by atoms with van der Waals surface area (Å²) in [5.41, 5.74) is 15.8. The van der Waals surface area contributed by atoms with Crippen molar-refractivity contribution in [3.8, 4) is 0 Å². The average Bonchev–Trinajstić information content (AvgIpc) is 3.22. The second kappa shape index (κ2) is 9.29. The SMILES string of the molecule is Cc1ccc2nc(C(=O)NC3Cc4ccccc4C3)nc(NC3CCCCC3N=C(N)N)c2c1. The Labute approximate surface area is 199 Å². The minimum atomic E-state index is -0.257. The largest absolute Gasteiger partial charge is 0.370 e. The van der Waals surface area contributed by atoms with Crippen LogP contribution < -0.4 is 22.1 Å². The number of benzene rings is 2. The standard InChI is InChI=1S/C26H31N7O/c1-15-10-11-20-19(12-15)23(31-21-8-4-5-9-22(21)32-26(27)28)33-24(30-20)25(34)29-18-13-16-6-2-3-7-17(16)14-18/h2-3,6-7,10-12,18,21-22H,4-5,8-9,13-14H2,1H3,(H,29,34)(H4,27,28,32)(H,30,31,33). The van der Waals surface area contributed by atoms with Gasteiger partial charge in [0.25, 0.3) is 5.91 Å². The second-order valence-electron chi connectivity index (χ2n) is 9.42. The summed E-state index contributed by atoms with van der Waals surface area (Å²) in [5, 5.41) is 7.59. The molecular formula is C26H31N7O. The molecule has 2 aliphatic carbocycles. The maximum absolute atomic E-state index is 13.2. The molecule has 1 amide bonds. The molecule has 1 fully saturated rings. The van der Waals surface area contributed by atoms with Gasteiger partial charge in [-0.1, -0.05) is 48.7 Å². The fraction of sp³-hybridized carbons (Fsp3) is 0.385. The van der Waals surface area contributed by atoms with Crippen LogP contribution in [0.3, 0.4) is 0 Å². The normalized spacial score (nSPS) is 20.0. The number of guanidine groups is 1. The van der Waals surface area contributed by atoms with Crippen molar-refractivity contribution in [2.75, 3.05) is 5.32 Å². The van der Waals surface area contributed by atoms with Crippen LogP contribution in [-0.2, 0) is 12.8 Å². The summed E-state index contributed by atoms with van der Waals surface area (Å²) in [4.78, 5) is 26.9. The Morgan fingerprint density at radius 3 is 2.50 bits per heavy atom. The summed E-state index contributed by atoms with van der Waals surface area (Å²) in [7, 11) is 0. The van der Waals surface area contributed by atoms with Crippen LogP contribution >= 0.6 is 0 Å². The zero-order valence-electron chi connectivity index (χ0n) is 19.4. The average molecular weight is 458 g/mol. The lowest BCUT2D eigenvalue weighted by atomic mass is 9.90. The number of fused-ring (bicyclic) bond motifs is 2. The zero-order valence-corrected chi connectivity index (χ0v) is 19.4. The molecule has 0 aliphatic heterocycles. The molecular weight excluding hydrogens is 426 g/mol. The number of rotatable bonds is 5. The molecule has 2 aromatic carbocycles. The third kappa shape index (κ3) is 4.66. The number of anilines is 1. The summed E-state index contributed by atoms with van der Waals surface area (Å²) >= 11 is 0. The number of aliphatic imine (C=N–C) groups is 1. The van der Waals surface area contributed by atoms with Crippen molar-refractivity contribution in [3.05, 3.63) is 65.0 Å². The zero-order chi connectivity index (χ0) is 23.7. The van der Waals surface area contributed by atoms with Gasteiger partial charge in [0.1, 0.15) is 5.82 Å². The first-order valence-electron chi connectivity index (χ1n) is 12.0. The Hall–Kier alpha value is -3.68. The molecule has 8 heteroatoms. The van der Waals surface area contributed by atoms with E-state index in [1.165, 1.54) is 11.1 Å². The summed E-state index contributed by atoms with van der Waals surface area (Å²) in [6.07, 6.45) is 5.66. The first-order chi connectivity index (χ1) is 16.5. The molecule has 2 unspecified atom stereocenters. The van der Waals surface area contributed by atoms with E-state index >= 15 is 0 Å². The van der Waals surface area contributed by atoms with E-state index in [-0.39, 0.29) is 35.8 Å². The molecule has 1 saturated carbocycles. The van der Waals surface area contributed by atoms with Crippen LogP contribution in [0.15, 0.2) is 47.5 Å². The highest BCUT2D eigenvalue weighted by molar-refractivity contribution is 5.97. The molecule has 8 nitrogen and oxygen atoms in total. The van der Waals surface area contributed by atoms with E-state index in [4.69, 9.17) is 16.5 Å². The van der Waals surface area contributed by atoms with Crippen LogP contribution in [0.5, 0.6) is 0 Å². The van der Waals surface area contributed by atoms with Gasteiger partial charge in [0.2, 0.25) is 5.82 Å². The smallest absolute Gasteiger partial charge is 0.289 e. The quantitative estimate of drug-likeness (QED) is 0.344. The Morgan fingerprint density at radius 1 is 1.03 bits per heavy atom. The molecule has 0 radical (unpaired) electrons. The van der Waals surface area contributed by atoms with E-state index in [0.717, 1.165) is 55.0 Å². The minimum absolute atomic E-state index is 0.0251. The van der Waals surface area contributed by atoms with Crippen molar-refractivity contribution in [1.82, 2.24) is 15.3 Å². The number of nitrogens with zero attached hydrogens (tertiary/aromatic N) is 3. The van der Waals surface area contributed by atoms with Crippen LogP contribution in [0, 0.1) is 6.92 Å². The fourth-order valence-electron chi connectivity index (χ4n) is 5.17. The number of hydrogen-bond donors (Lipinski definition) is 4. The molecule has 0 spiro atoms. The molecule has 2 atom stereocenters. The molecule has 2 aliphatic rings. The monoisotopic (exact) mass is 457 g/mol. The topological polar surface area (TPSA) is 131 Å². The highest BCUT2D eigenvalue weighted by Gasteiger charge is 2.28. The van der Waals surface area contributed by atoms with Gasteiger partial charge in [0.15, 0.2) is 5.96 Å². The molecule has 0 saturated heterocycles. The maximum atomic E-state index is 13.2. The third-order valence-corrected chi connectivity index (χ3v) is 6.81. The fourth-order valence-corrected chi connectivity index (χ4v) is 5.17. The number of nitrogens with two attached hydrogens (primary N) is 2. The van der Waals surface area contributed by atoms with Crippen molar-refractivity contribution in [3.63, 3.8) is 0 Å². The van der Waals surface area contributed by atoms with E-state index < -0.39 is 0 Å². The molecule has 1 heterocycles. The first kappa shape index (κ1) is 22.1. The Bertz CT molecular complexity index is 1230. The maximum Gasteiger partial charge on any atom is 0.289 e. The van der Waals surface area contributed by atoms with Gasteiger partial charge < -0.3 is 22.1 Å². The number of carbonyl (C=O) groups excluding carboxylic acids is 1. The lowest BCUT2D eigenvalue weighted by Gasteiger charge is -2.30. The Morgan fingerprint density at radius 2 is 1.76 bits per heavy atom. The van der Waals surface area contributed by atoms with Gasteiger partial charge in [-0.2, -0.15) is 0 Å². The van der Waals surface area contributed by atoms with Crippen LogP contribution in [0.25, 0.3) is 10.9 Å². The Balaban J connectivity index is 1.43. The van der Waals surface area contributed by atoms with Gasteiger partial charge in [0.05, 0.1) is 17.6 Å². The second-order valence-corrected chi connectivity index (χ2v) is 9.42. The number of hydrogen-bond acceptors (Lipinski definition) is 5. The molecule has 34 heavy (non-hydrogen) atoms. The summed E-state index contributed by atoms with van der Waals surface area (Å²) in [6, 6.07) is 14.4. The van der Waals surface area contributed by atoms with Crippen molar-refractivity contribution in [1.29, 1.82) is 0 Å². The van der Waals surface area contributed by atoms with Crippen molar-refractivity contribution < 1.29 is 4.79 Å². The van der Waals surface area contributed by atoms with Crippen molar-refractivity contribution in [2.45, 2.75) is 63.6 Å². The van der Waals surface area contributed by atoms with Gasteiger partial charge in [-0.3, -0.25) is 4.79 Å². The number of nitrogens with one attached hydrogen (secondary N) is 2. The summed E-state index contributed by atoms with van der Waals surface area (Å²) < 4.78 is 0. The van der Waals surface area contributed by atoms with E-state index in [0.29, 0.717) is 5.82 Å². The van der Waals surface area contributed by atoms with Gasteiger partial charge in [-0.15, -0.1) is 0 Å². The highest BCUT2D eigenvalue weighted by atomic mass is 16.2. The van der Waals surface area contributed by atoms with E-state index in [1.807, 2.05) is 37.3 Å². The highest BCUT2D eigenvalue weighted by Crippen LogP contribution is 2.28. The summed E-state index contributed by atoms with van der Waals surface area (Å²) in [5.74, 6) is 0.660. The predicted molar refractivity (Wildman–Crippen MR) is 135 cm³/mol. The third-order valence-electron chi connectivity index (χ3n) is 6.81. The molecule has 176 valence electrons. The number of amides is 1. The predicted octanol–water partition coefficient (Wildman–Crippen LogP) is 2.83. The Kier molecular flexibility index (Phi) is 6.04. The van der Waals surface area contributed by atoms with E-state index in [1.54, 1.807) is 0 Å². The van der Waals surface area contributed by atoms with Crippen LogP contribution in [0.1, 0.15) is 53.0 Å². The van der Waals surface area contributed by atoms with Gasteiger partial charge in [-0.25, -0.2) is 15.0 Å². The molecule has 1 aromatic heterocycles. The van der Waals surface area contributed by atoms with Crippen LogP contribution in [-0.4, -0.2) is 40.0 Å². The number of aromatic nitrogens is 2. The molecule has 3 aromatic rings. The van der Waals surface area contributed by atoms with Gasteiger partial charge in [-0.05, 0) is 55.9 Å². The molecule has 5 rings (SSSR count).